The number of nitrogens with zero attached hydrogens (tertiary/aromatic N) is 2. The van der Waals surface area contributed by atoms with Crippen LogP contribution in [0.1, 0.15) is 181 Å². The van der Waals surface area contributed by atoms with Crippen molar-refractivity contribution in [2.45, 2.75) is 181 Å². The molecule has 0 amide bonds. The summed E-state index contributed by atoms with van der Waals surface area (Å²) in [5.74, 6) is 0. The summed E-state index contributed by atoms with van der Waals surface area (Å²) < 4.78 is 0. The van der Waals surface area contributed by atoms with Gasteiger partial charge in [-0.25, -0.2) is 0 Å². The van der Waals surface area contributed by atoms with Gasteiger partial charge in [-0.2, -0.15) is 5.06 Å². The highest BCUT2D eigenvalue weighted by atomic mass is 16.7. The van der Waals surface area contributed by atoms with Gasteiger partial charge in [-0.3, -0.25) is 4.84 Å². The molecule has 3 heteroatoms. The van der Waals surface area contributed by atoms with E-state index in [0.717, 1.165) is 32.5 Å². The Morgan fingerprint density at radius 2 is 0.733 bits per heavy atom. The lowest BCUT2D eigenvalue weighted by Gasteiger charge is -2.22. The lowest BCUT2D eigenvalue weighted by Crippen LogP contribution is -2.27. The molecule has 264 valence electrons. The average Bonchev–Trinajstić information content (AvgIpc) is 3.03. The third-order valence-electron chi connectivity index (χ3n) is 8.49. The van der Waals surface area contributed by atoms with Crippen LogP contribution in [0.4, 0.5) is 0 Å². The fourth-order valence-corrected chi connectivity index (χ4v) is 5.52. The van der Waals surface area contributed by atoms with Crippen molar-refractivity contribution in [3.63, 3.8) is 0 Å². The smallest absolute Gasteiger partial charge is 0.0685 e. The molecule has 0 N–H and O–H groups in total. The summed E-state index contributed by atoms with van der Waals surface area (Å²) in [4.78, 5) is 8.57. The van der Waals surface area contributed by atoms with Gasteiger partial charge in [-0.05, 0) is 111 Å². The first-order chi connectivity index (χ1) is 22.2. The standard InChI is InChI=1S/C42H80N2O/c1-5-7-9-11-13-15-17-19-21-23-25-27-29-31-33-35-40-44(41-37-36-39-43(3)4)45-42-38-34-32-30-28-26-24-22-20-18-16-14-12-10-8-6-2/h13-16,19-22H,5-12,17-18,23-42H2,1-4H3/b15-13-,16-14-,21-19-,22-20-. The number of hydroxylamine groups is 2. The quantitative estimate of drug-likeness (QED) is 0.0390. The molecule has 0 atom stereocenters. The van der Waals surface area contributed by atoms with E-state index in [-0.39, 0.29) is 0 Å². The Morgan fingerprint density at radius 1 is 0.378 bits per heavy atom. The van der Waals surface area contributed by atoms with Crippen molar-refractivity contribution < 1.29 is 4.84 Å². The zero-order chi connectivity index (χ0) is 32.7. The SMILES string of the molecule is CCCCC/C=C\C/C=C\CCCCCCCCON(CCCCCCCC/C=C\C/C=C\CCCCC)CCCCN(C)C. The summed E-state index contributed by atoms with van der Waals surface area (Å²) in [7, 11) is 4.34. The molecule has 0 unspecified atom stereocenters. The van der Waals surface area contributed by atoms with E-state index < -0.39 is 0 Å². The molecular formula is C42H80N2O. The second kappa shape index (κ2) is 39.0. The molecule has 0 radical (unpaired) electrons. The first-order valence-corrected chi connectivity index (χ1v) is 19.8. The van der Waals surface area contributed by atoms with Crippen molar-refractivity contribution in [2.75, 3.05) is 40.3 Å². The first kappa shape index (κ1) is 43.8. The lowest BCUT2D eigenvalue weighted by molar-refractivity contribution is -0.161. The van der Waals surface area contributed by atoms with Crippen LogP contribution in [0.25, 0.3) is 0 Å². The van der Waals surface area contributed by atoms with Gasteiger partial charge in [0.25, 0.3) is 0 Å². The molecule has 0 aromatic carbocycles. The first-order valence-electron chi connectivity index (χ1n) is 19.8. The molecule has 0 aromatic rings. The van der Waals surface area contributed by atoms with Crippen LogP contribution in [-0.2, 0) is 4.84 Å². The second-order valence-corrected chi connectivity index (χ2v) is 13.4. The molecule has 0 aromatic heterocycles. The van der Waals surface area contributed by atoms with E-state index in [4.69, 9.17) is 4.84 Å². The molecule has 0 aliphatic carbocycles. The maximum Gasteiger partial charge on any atom is 0.0685 e. The van der Waals surface area contributed by atoms with Crippen molar-refractivity contribution in [1.29, 1.82) is 0 Å². The van der Waals surface area contributed by atoms with E-state index in [1.54, 1.807) is 0 Å². The van der Waals surface area contributed by atoms with E-state index in [1.165, 1.54) is 161 Å². The Morgan fingerprint density at radius 3 is 1.18 bits per heavy atom. The summed E-state index contributed by atoms with van der Waals surface area (Å²) in [6, 6.07) is 0. The summed E-state index contributed by atoms with van der Waals surface area (Å²) in [6.07, 6.45) is 52.5. The van der Waals surface area contributed by atoms with E-state index >= 15 is 0 Å². The number of hydrogen-bond donors (Lipinski definition) is 0. The predicted octanol–water partition coefficient (Wildman–Crippen LogP) is 13.2. The molecule has 0 heterocycles. The lowest BCUT2D eigenvalue weighted by atomic mass is 10.1. The van der Waals surface area contributed by atoms with Gasteiger partial charge in [-0.15, -0.1) is 0 Å². The maximum atomic E-state index is 6.29. The molecule has 0 saturated heterocycles. The van der Waals surface area contributed by atoms with Crippen LogP contribution in [0.5, 0.6) is 0 Å². The van der Waals surface area contributed by atoms with Gasteiger partial charge in [0, 0.05) is 13.1 Å². The van der Waals surface area contributed by atoms with Crippen LogP contribution >= 0.6 is 0 Å². The highest BCUT2D eigenvalue weighted by Crippen LogP contribution is 2.12. The minimum atomic E-state index is 0.893. The largest absolute Gasteiger partial charge is 0.309 e. The molecule has 0 rings (SSSR count). The highest BCUT2D eigenvalue weighted by molar-refractivity contribution is 4.93. The molecule has 45 heavy (non-hydrogen) atoms. The third kappa shape index (κ3) is 38.9. The summed E-state index contributed by atoms with van der Waals surface area (Å²) >= 11 is 0. The van der Waals surface area contributed by atoms with Gasteiger partial charge >= 0.3 is 0 Å². The molecule has 3 nitrogen and oxygen atoms in total. The summed E-state index contributed by atoms with van der Waals surface area (Å²) in [6.45, 7) is 8.78. The molecular weight excluding hydrogens is 548 g/mol. The van der Waals surface area contributed by atoms with Gasteiger partial charge < -0.3 is 4.90 Å². The minimum absolute atomic E-state index is 0.893. The molecule has 0 aliphatic heterocycles. The van der Waals surface area contributed by atoms with E-state index in [2.05, 4.69) is 86.5 Å². The van der Waals surface area contributed by atoms with Crippen LogP contribution in [0.3, 0.4) is 0 Å². The van der Waals surface area contributed by atoms with Crippen LogP contribution in [0, 0.1) is 0 Å². The predicted molar refractivity (Wildman–Crippen MR) is 204 cm³/mol. The van der Waals surface area contributed by atoms with Crippen molar-refractivity contribution >= 4 is 0 Å². The molecule has 0 bridgehead atoms. The molecule has 0 fully saturated rings. The van der Waals surface area contributed by atoms with E-state index in [1.807, 2.05) is 0 Å². The number of hydrogen-bond acceptors (Lipinski definition) is 3. The van der Waals surface area contributed by atoms with Crippen molar-refractivity contribution in [1.82, 2.24) is 9.96 Å². The maximum absolute atomic E-state index is 6.29. The van der Waals surface area contributed by atoms with E-state index in [9.17, 15) is 0 Å². The number of rotatable bonds is 36. The fourth-order valence-electron chi connectivity index (χ4n) is 5.52. The topological polar surface area (TPSA) is 15.7 Å². The summed E-state index contributed by atoms with van der Waals surface area (Å²) in [5.41, 5.74) is 0. The van der Waals surface area contributed by atoms with Gasteiger partial charge in [-0.1, -0.05) is 140 Å². The van der Waals surface area contributed by atoms with E-state index in [0.29, 0.717) is 0 Å². The van der Waals surface area contributed by atoms with Crippen LogP contribution in [-0.4, -0.2) is 50.3 Å². The van der Waals surface area contributed by atoms with Gasteiger partial charge in [0.2, 0.25) is 0 Å². The monoisotopic (exact) mass is 629 g/mol. The Balaban J connectivity index is 3.82. The normalized spacial score (nSPS) is 12.6. The molecule has 0 saturated carbocycles. The molecule has 0 spiro atoms. The fraction of sp³-hybridized carbons (Fsp3) is 0.810. The minimum Gasteiger partial charge on any atom is -0.309 e. The summed E-state index contributed by atoms with van der Waals surface area (Å²) in [5, 5.41) is 2.30. The van der Waals surface area contributed by atoms with Gasteiger partial charge in [0.1, 0.15) is 0 Å². The van der Waals surface area contributed by atoms with Gasteiger partial charge in [0.05, 0.1) is 6.61 Å². The van der Waals surface area contributed by atoms with Crippen LogP contribution in [0.2, 0.25) is 0 Å². The van der Waals surface area contributed by atoms with Gasteiger partial charge in [0.15, 0.2) is 0 Å². The second-order valence-electron chi connectivity index (χ2n) is 13.4. The Kier molecular flexibility index (Phi) is 38.0. The Bertz CT molecular complexity index is 666. The zero-order valence-corrected chi connectivity index (χ0v) is 31.1. The van der Waals surface area contributed by atoms with Crippen LogP contribution in [0.15, 0.2) is 48.6 Å². The Labute approximate surface area is 284 Å². The van der Waals surface area contributed by atoms with Crippen LogP contribution < -0.4 is 0 Å². The third-order valence-corrected chi connectivity index (χ3v) is 8.49. The number of unbranched alkanes of at least 4 members (excludes halogenated alkanes) is 19. The Hall–Kier alpha value is -1.16. The van der Waals surface area contributed by atoms with Crippen molar-refractivity contribution in [3.05, 3.63) is 48.6 Å². The average molecular weight is 629 g/mol. The van der Waals surface area contributed by atoms with Crippen molar-refractivity contribution in [2.24, 2.45) is 0 Å². The van der Waals surface area contributed by atoms with Crippen molar-refractivity contribution in [3.8, 4) is 0 Å². The molecule has 0 aliphatic rings. The zero-order valence-electron chi connectivity index (χ0n) is 31.1. The number of allylic oxidation sites excluding steroid dienone is 8. The highest BCUT2D eigenvalue weighted by Gasteiger charge is 2.06.